The lowest BCUT2D eigenvalue weighted by molar-refractivity contribution is 0.305. The maximum absolute atomic E-state index is 12.6. The average Bonchev–Trinajstić information content (AvgIpc) is 3.12. The van der Waals surface area contributed by atoms with Gasteiger partial charge in [-0.3, -0.25) is 9.88 Å². The van der Waals surface area contributed by atoms with Gasteiger partial charge in [0.2, 0.25) is 15.0 Å². The molecule has 7 heteroatoms. The second kappa shape index (κ2) is 9.33. The summed E-state index contributed by atoms with van der Waals surface area (Å²) in [5.74, 6) is 0.0295. The van der Waals surface area contributed by atoms with Crippen molar-refractivity contribution >= 4 is 9.84 Å². The third kappa shape index (κ3) is 5.31. The highest BCUT2D eigenvalue weighted by atomic mass is 32.2. The van der Waals surface area contributed by atoms with Gasteiger partial charge in [0.1, 0.15) is 0 Å². The number of aryl methyl sites for hydroxylation is 1. The topological polar surface area (TPSA) is 68.1 Å². The Labute approximate surface area is 173 Å². The molecular formula is C22H28N4O2S. The SMILES string of the molecule is CCc1ccc(CN(C)Cc2cnc(S(=O)(=O)CC)n2Cc2ccccc2)nc1. The Hall–Kier alpha value is -2.51. The summed E-state index contributed by atoms with van der Waals surface area (Å²) in [6.07, 6.45) is 4.56. The molecule has 6 nitrogen and oxygen atoms in total. The van der Waals surface area contributed by atoms with Crippen LogP contribution in [0.5, 0.6) is 0 Å². The quantitative estimate of drug-likeness (QED) is 0.539. The molecule has 2 heterocycles. The predicted octanol–water partition coefficient (Wildman–Crippen LogP) is 3.31. The third-order valence-electron chi connectivity index (χ3n) is 4.90. The Bertz CT molecular complexity index is 1030. The zero-order chi connectivity index (χ0) is 20.9. The van der Waals surface area contributed by atoms with Gasteiger partial charge in [-0.2, -0.15) is 0 Å². The van der Waals surface area contributed by atoms with Gasteiger partial charge < -0.3 is 4.57 Å². The first kappa shape index (κ1) is 21.2. The zero-order valence-corrected chi connectivity index (χ0v) is 18.1. The number of hydrogen-bond acceptors (Lipinski definition) is 5. The van der Waals surface area contributed by atoms with Crippen molar-refractivity contribution in [2.45, 2.75) is 45.1 Å². The van der Waals surface area contributed by atoms with Crippen molar-refractivity contribution in [3.63, 3.8) is 0 Å². The minimum absolute atomic E-state index is 0.0295. The second-order valence-corrected chi connectivity index (χ2v) is 9.36. The Balaban J connectivity index is 1.83. The molecule has 0 bridgehead atoms. The maximum atomic E-state index is 12.6. The van der Waals surface area contributed by atoms with Crippen LogP contribution in [0.2, 0.25) is 0 Å². The van der Waals surface area contributed by atoms with E-state index in [-0.39, 0.29) is 10.9 Å². The van der Waals surface area contributed by atoms with Crippen molar-refractivity contribution in [2.24, 2.45) is 0 Å². The van der Waals surface area contributed by atoms with E-state index < -0.39 is 9.84 Å². The summed E-state index contributed by atoms with van der Waals surface area (Å²) < 4.78 is 26.9. The zero-order valence-electron chi connectivity index (χ0n) is 17.2. The van der Waals surface area contributed by atoms with E-state index in [4.69, 9.17) is 0 Å². The van der Waals surface area contributed by atoms with Crippen LogP contribution in [0, 0.1) is 0 Å². The summed E-state index contributed by atoms with van der Waals surface area (Å²) in [6.45, 7) is 5.49. The molecule has 0 saturated carbocycles. The number of rotatable bonds is 9. The smallest absolute Gasteiger partial charge is 0.228 e. The number of imidazole rings is 1. The van der Waals surface area contributed by atoms with E-state index in [0.717, 1.165) is 23.4 Å². The first-order valence-corrected chi connectivity index (χ1v) is 11.5. The van der Waals surface area contributed by atoms with Gasteiger partial charge in [-0.05, 0) is 30.7 Å². The second-order valence-electron chi connectivity index (χ2n) is 7.19. The summed E-state index contributed by atoms with van der Waals surface area (Å²) in [7, 11) is -1.41. The van der Waals surface area contributed by atoms with Gasteiger partial charge in [-0.15, -0.1) is 0 Å². The first-order valence-electron chi connectivity index (χ1n) is 9.86. The fourth-order valence-corrected chi connectivity index (χ4v) is 4.19. The van der Waals surface area contributed by atoms with Crippen molar-refractivity contribution in [1.82, 2.24) is 19.4 Å². The van der Waals surface area contributed by atoms with Crippen molar-refractivity contribution in [3.8, 4) is 0 Å². The van der Waals surface area contributed by atoms with Crippen LogP contribution in [0.25, 0.3) is 0 Å². The van der Waals surface area contributed by atoms with Gasteiger partial charge in [0.15, 0.2) is 0 Å². The Morgan fingerprint density at radius 2 is 1.69 bits per heavy atom. The highest BCUT2D eigenvalue weighted by molar-refractivity contribution is 7.91. The summed E-state index contributed by atoms with van der Waals surface area (Å²) in [5.41, 5.74) is 4.11. The molecule has 3 rings (SSSR count). The van der Waals surface area contributed by atoms with Crippen LogP contribution in [0.4, 0.5) is 0 Å². The molecule has 0 amide bonds. The number of nitrogens with zero attached hydrogens (tertiary/aromatic N) is 4. The molecule has 29 heavy (non-hydrogen) atoms. The van der Waals surface area contributed by atoms with Crippen LogP contribution >= 0.6 is 0 Å². The molecule has 1 aromatic carbocycles. The van der Waals surface area contributed by atoms with Crippen molar-refractivity contribution < 1.29 is 8.42 Å². The molecule has 3 aromatic rings. The monoisotopic (exact) mass is 412 g/mol. The van der Waals surface area contributed by atoms with Crippen LogP contribution in [0.15, 0.2) is 60.0 Å². The van der Waals surface area contributed by atoms with Crippen LogP contribution in [-0.4, -0.2) is 40.7 Å². The lowest BCUT2D eigenvalue weighted by atomic mass is 10.2. The molecule has 0 spiro atoms. The van der Waals surface area contributed by atoms with Gasteiger partial charge >= 0.3 is 0 Å². The normalized spacial score (nSPS) is 11.9. The molecule has 0 saturated heterocycles. The number of benzene rings is 1. The predicted molar refractivity (Wildman–Crippen MR) is 114 cm³/mol. The molecule has 0 radical (unpaired) electrons. The van der Waals surface area contributed by atoms with Crippen molar-refractivity contribution in [2.75, 3.05) is 12.8 Å². The molecule has 154 valence electrons. The van der Waals surface area contributed by atoms with Crippen molar-refractivity contribution in [1.29, 1.82) is 0 Å². The fraction of sp³-hybridized carbons (Fsp3) is 0.364. The highest BCUT2D eigenvalue weighted by Gasteiger charge is 2.22. The van der Waals surface area contributed by atoms with Gasteiger partial charge in [0.05, 0.1) is 29.9 Å². The largest absolute Gasteiger partial charge is 0.313 e. The van der Waals surface area contributed by atoms with E-state index in [1.807, 2.05) is 54.2 Å². The Morgan fingerprint density at radius 1 is 0.931 bits per heavy atom. The number of pyridine rings is 1. The lowest BCUT2D eigenvalue weighted by Crippen LogP contribution is -2.22. The number of hydrogen-bond donors (Lipinski definition) is 0. The van der Waals surface area contributed by atoms with E-state index in [9.17, 15) is 8.42 Å². The molecule has 0 aliphatic rings. The first-order chi connectivity index (χ1) is 13.9. The highest BCUT2D eigenvalue weighted by Crippen LogP contribution is 2.18. The molecule has 2 aromatic heterocycles. The van der Waals surface area contributed by atoms with Gasteiger partial charge in [0.25, 0.3) is 0 Å². The van der Waals surface area contributed by atoms with Gasteiger partial charge in [-0.25, -0.2) is 13.4 Å². The van der Waals surface area contributed by atoms with Crippen LogP contribution in [-0.2, 0) is 35.9 Å². The van der Waals surface area contributed by atoms with E-state index >= 15 is 0 Å². The number of sulfone groups is 1. The van der Waals surface area contributed by atoms with E-state index in [2.05, 4.69) is 27.9 Å². The number of aromatic nitrogens is 3. The fourth-order valence-electron chi connectivity index (χ4n) is 3.20. The van der Waals surface area contributed by atoms with E-state index in [0.29, 0.717) is 19.6 Å². The minimum Gasteiger partial charge on any atom is -0.313 e. The average molecular weight is 413 g/mol. The summed E-state index contributed by atoms with van der Waals surface area (Å²) in [4.78, 5) is 10.9. The molecule has 0 unspecified atom stereocenters. The van der Waals surface area contributed by atoms with Crippen LogP contribution < -0.4 is 0 Å². The third-order valence-corrected chi connectivity index (χ3v) is 6.54. The molecule has 0 fully saturated rings. The summed E-state index contributed by atoms with van der Waals surface area (Å²) >= 11 is 0. The van der Waals surface area contributed by atoms with Gasteiger partial charge in [0, 0.05) is 19.3 Å². The molecule has 0 N–H and O–H groups in total. The standard InChI is InChI=1S/C22H28N4O2S/c1-4-18-11-12-20(23-13-18)16-25(3)17-21-14-24-22(29(27,28)5-2)26(21)15-19-9-7-6-8-10-19/h6-14H,4-5,15-17H2,1-3H3. The Kier molecular flexibility index (Phi) is 6.82. The molecule has 0 atom stereocenters. The van der Waals surface area contributed by atoms with Crippen LogP contribution in [0.1, 0.15) is 36.4 Å². The summed E-state index contributed by atoms with van der Waals surface area (Å²) in [5, 5.41) is 0.137. The maximum Gasteiger partial charge on any atom is 0.228 e. The van der Waals surface area contributed by atoms with E-state index in [1.54, 1.807) is 13.1 Å². The molecule has 0 aliphatic carbocycles. The van der Waals surface area contributed by atoms with Crippen LogP contribution in [0.3, 0.4) is 0 Å². The Morgan fingerprint density at radius 3 is 2.31 bits per heavy atom. The molecular weight excluding hydrogens is 384 g/mol. The van der Waals surface area contributed by atoms with Crippen molar-refractivity contribution in [3.05, 3.63) is 77.4 Å². The summed E-state index contributed by atoms with van der Waals surface area (Å²) in [6, 6.07) is 14.0. The van der Waals surface area contributed by atoms with Gasteiger partial charge in [-0.1, -0.05) is 50.2 Å². The molecule has 0 aliphatic heterocycles. The lowest BCUT2D eigenvalue weighted by Gasteiger charge is -2.18. The van der Waals surface area contributed by atoms with E-state index in [1.165, 1.54) is 5.56 Å². The minimum atomic E-state index is -3.41.